The van der Waals surface area contributed by atoms with Gasteiger partial charge in [0.05, 0.1) is 0 Å². The summed E-state index contributed by atoms with van der Waals surface area (Å²) in [6.07, 6.45) is -1.27. The molecule has 1 atom stereocenters. The monoisotopic (exact) mass is 308 g/mol. The average molecular weight is 308 g/mol. The first-order chi connectivity index (χ1) is 10.3. The van der Waals surface area contributed by atoms with Gasteiger partial charge in [0.2, 0.25) is 5.76 Å². The van der Waals surface area contributed by atoms with E-state index in [1.165, 1.54) is 19.1 Å². The van der Waals surface area contributed by atoms with Gasteiger partial charge >= 0.3 is 12.0 Å². The van der Waals surface area contributed by atoms with Crippen LogP contribution in [0.1, 0.15) is 23.0 Å². The Bertz CT molecular complexity index is 768. The summed E-state index contributed by atoms with van der Waals surface area (Å²) in [6, 6.07) is 3.22. The number of fused-ring (bicyclic) bond motifs is 1. The van der Waals surface area contributed by atoms with E-state index in [0.717, 1.165) is 0 Å². The number of nitrogens with two attached hydrogens (primary N) is 1. The van der Waals surface area contributed by atoms with Crippen molar-refractivity contribution in [3.8, 4) is 0 Å². The molecule has 2 rings (SSSR count). The molecule has 0 saturated heterocycles. The SMILES string of the molecule is Cc1c(C(=O)OC(C)C(=O)NC(N)=O)oc2c(F)cccc12. The van der Waals surface area contributed by atoms with Crippen molar-refractivity contribution in [2.45, 2.75) is 20.0 Å². The van der Waals surface area contributed by atoms with Crippen LogP contribution in [0.3, 0.4) is 0 Å². The number of nitrogens with one attached hydrogen (secondary N) is 1. The number of imide groups is 1. The summed E-state index contributed by atoms with van der Waals surface area (Å²) >= 11 is 0. The van der Waals surface area contributed by atoms with Crippen molar-refractivity contribution in [2.75, 3.05) is 0 Å². The molecular formula is C14H13FN2O5. The fourth-order valence-corrected chi connectivity index (χ4v) is 1.89. The van der Waals surface area contributed by atoms with Crippen LogP contribution >= 0.6 is 0 Å². The number of urea groups is 1. The van der Waals surface area contributed by atoms with Crippen molar-refractivity contribution < 1.29 is 27.9 Å². The van der Waals surface area contributed by atoms with Gasteiger partial charge in [-0.3, -0.25) is 10.1 Å². The number of para-hydroxylation sites is 1. The van der Waals surface area contributed by atoms with Gasteiger partial charge in [-0.1, -0.05) is 12.1 Å². The maximum absolute atomic E-state index is 13.6. The summed E-state index contributed by atoms with van der Waals surface area (Å²) in [6.45, 7) is 2.82. The maximum Gasteiger partial charge on any atom is 0.375 e. The van der Waals surface area contributed by atoms with Gasteiger partial charge in [-0.25, -0.2) is 14.0 Å². The van der Waals surface area contributed by atoms with E-state index in [-0.39, 0.29) is 11.3 Å². The number of hydrogen-bond donors (Lipinski definition) is 2. The summed E-state index contributed by atoms with van der Waals surface area (Å²) in [5, 5.41) is 2.21. The number of benzene rings is 1. The molecule has 1 aromatic heterocycles. The maximum atomic E-state index is 13.6. The van der Waals surface area contributed by atoms with Gasteiger partial charge in [0.15, 0.2) is 17.5 Å². The minimum absolute atomic E-state index is 0.0683. The van der Waals surface area contributed by atoms with Gasteiger partial charge in [-0.15, -0.1) is 0 Å². The highest BCUT2D eigenvalue weighted by Gasteiger charge is 2.25. The highest BCUT2D eigenvalue weighted by atomic mass is 19.1. The zero-order valence-corrected chi connectivity index (χ0v) is 11.8. The third-order valence-corrected chi connectivity index (χ3v) is 3.00. The van der Waals surface area contributed by atoms with E-state index in [1.807, 2.05) is 0 Å². The van der Waals surface area contributed by atoms with Crippen molar-refractivity contribution >= 4 is 28.9 Å². The molecule has 0 aliphatic heterocycles. The second kappa shape index (κ2) is 5.84. The van der Waals surface area contributed by atoms with Crippen LogP contribution in [0.4, 0.5) is 9.18 Å². The molecule has 0 aliphatic carbocycles. The molecule has 0 radical (unpaired) electrons. The first-order valence-electron chi connectivity index (χ1n) is 6.30. The lowest BCUT2D eigenvalue weighted by Gasteiger charge is -2.10. The van der Waals surface area contributed by atoms with Gasteiger partial charge in [0.25, 0.3) is 5.91 Å². The van der Waals surface area contributed by atoms with Gasteiger partial charge in [0, 0.05) is 10.9 Å². The van der Waals surface area contributed by atoms with Crippen LogP contribution in [0.2, 0.25) is 0 Å². The molecule has 1 unspecified atom stereocenters. The molecule has 0 aliphatic rings. The molecule has 1 heterocycles. The Hall–Kier alpha value is -2.90. The molecule has 8 heteroatoms. The highest BCUT2D eigenvalue weighted by Crippen LogP contribution is 2.27. The van der Waals surface area contributed by atoms with E-state index in [2.05, 4.69) is 0 Å². The summed E-state index contributed by atoms with van der Waals surface area (Å²) in [4.78, 5) is 34.0. The molecule has 3 N–H and O–H groups in total. The number of carbonyl (C=O) groups excluding carboxylic acids is 3. The van der Waals surface area contributed by atoms with E-state index in [4.69, 9.17) is 14.9 Å². The third kappa shape index (κ3) is 2.90. The largest absolute Gasteiger partial charge is 0.447 e. The molecule has 3 amide bonds. The van der Waals surface area contributed by atoms with Gasteiger partial charge in [-0.2, -0.15) is 0 Å². The number of ether oxygens (including phenoxy) is 1. The van der Waals surface area contributed by atoms with Crippen LogP contribution in [-0.4, -0.2) is 24.0 Å². The highest BCUT2D eigenvalue weighted by molar-refractivity contribution is 5.99. The fourth-order valence-electron chi connectivity index (χ4n) is 1.89. The van der Waals surface area contributed by atoms with Gasteiger partial charge < -0.3 is 14.9 Å². The molecule has 0 fully saturated rings. The number of carbonyl (C=O) groups is 3. The Morgan fingerprint density at radius 3 is 2.64 bits per heavy atom. The van der Waals surface area contributed by atoms with Crippen LogP contribution in [-0.2, 0) is 9.53 Å². The number of aryl methyl sites for hydroxylation is 1. The van der Waals surface area contributed by atoms with Crippen molar-refractivity contribution in [1.82, 2.24) is 5.32 Å². The van der Waals surface area contributed by atoms with Gasteiger partial charge in [0.1, 0.15) is 0 Å². The molecule has 0 saturated carbocycles. The van der Waals surface area contributed by atoms with E-state index >= 15 is 0 Å². The van der Waals surface area contributed by atoms with Crippen LogP contribution in [0.5, 0.6) is 0 Å². The number of amides is 3. The quantitative estimate of drug-likeness (QED) is 0.837. The number of furan rings is 1. The lowest BCUT2D eigenvalue weighted by Crippen LogP contribution is -2.42. The second-order valence-electron chi connectivity index (χ2n) is 4.57. The third-order valence-electron chi connectivity index (χ3n) is 3.00. The summed E-state index contributed by atoms with van der Waals surface area (Å²) in [7, 11) is 0. The van der Waals surface area contributed by atoms with E-state index in [1.54, 1.807) is 18.3 Å². The standard InChI is InChI=1S/C14H13FN2O5/c1-6-8-4-3-5-9(15)11(8)22-10(6)13(19)21-7(2)12(18)17-14(16)20/h3-5,7H,1-2H3,(H3,16,17,18,20). The molecule has 22 heavy (non-hydrogen) atoms. The topological polar surface area (TPSA) is 112 Å². The van der Waals surface area contributed by atoms with E-state index in [0.29, 0.717) is 10.9 Å². The predicted octanol–water partition coefficient (Wildman–Crippen LogP) is 1.62. The van der Waals surface area contributed by atoms with E-state index < -0.39 is 29.8 Å². The van der Waals surface area contributed by atoms with Crippen LogP contribution in [0.15, 0.2) is 22.6 Å². The van der Waals surface area contributed by atoms with Gasteiger partial charge in [-0.05, 0) is 19.9 Å². The van der Waals surface area contributed by atoms with Crippen LogP contribution in [0, 0.1) is 12.7 Å². The summed E-state index contributed by atoms with van der Waals surface area (Å²) < 4.78 is 23.7. The Kier molecular flexibility index (Phi) is 4.11. The minimum atomic E-state index is -1.27. The Balaban J connectivity index is 2.23. The Morgan fingerprint density at radius 1 is 1.36 bits per heavy atom. The lowest BCUT2D eigenvalue weighted by molar-refractivity contribution is -0.127. The molecule has 0 spiro atoms. The average Bonchev–Trinajstić information content (AvgIpc) is 2.77. The normalized spacial score (nSPS) is 12.0. The minimum Gasteiger partial charge on any atom is -0.447 e. The fraction of sp³-hybridized carbons (Fsp3) is 0.214. The molecule has 0 bridgehead atoms. The Morgan fingerprint density at radius 2 is 2.05 bits per heavy atom. The first kappa shape index (κ1) is 15.5. The van der Waals surface area contributed by atoms with Crippen LogP contribution < -0.4 is 11.1 Å². The molecule has 2 aromatic rings. The molecular weight excluding hydrogens is 295 g/mol. The zero-order chi connectivity index (χ0) is 16.4. The summed E-state index contributed by atoms with van der Waals surface area (Å²) in [5.41, 5.74) is 5.12. The Labute approximate surface area is 124 Å². The van der Waals surface area contributed by atoms with Crippen molar-refractivity contribution in [3.63, 3.8) is 0 Å². The number of primary amides is 1. The van der Waals surface area contributed by atoms with Crippen molar-refractivity contribution in [1.29, 1.82) is 0 Å². The smallest absolute Gasteiger partial charge is 0.375 e. The van der Waals surface area contributed by atoms with Crippen molar-refractivity contribution in [3.05, 3.63) is 35.3 Å². The van der Waals surface area contributed by atoms with Crippen LogP contribution in [0.25, 0.3) is 11.0 Å². The number of halogens is 1. The van der Waals surface area contributed by atoms with Crippen molar-refractivity contribution in [2.24, 2.45) is 5.73 Å². The molecule has 7 nitrogen and oxygen atoms in total. The predicted molar refractivity (Wildman–Crippen MR) is 73.5 cm³/mol. The lowest BCUT2D eigenvalue weighted by atomic mass is 10.1. The molecule has 1 aromatic carbocycles. The second-order valence-corrected chi connectivity index (χ2v) is 4.57. The first-order valence-corrected chi connectivity index (χ1v) is 6.30. The van der Waals surface area contributed by atoms with E-state index in [9.17, 15) is 18.8 Å². The number of hydrogen-bond acceptors (Lipinski definition) is 5. The summed E-state index contributed by atoms with van der Waals surface area (Å²) in [5.74, 6) is -2.64. The number of rotatable bonds is 3. The molecule has 116 valence electrons. The zero-order valence-electron chi connectivity index (χ0n) is 11.8. The number of esters is 1.